The Hall–Kier alpha value is -1.10. The zero-order valence-electron chi connectivity index (χ0n) is 8.27. The number of nitrogen functional groups attached to an aromatic ring is 1. The standard InChI is InChI=1S/C9H15N3O2/c1-2-13-7-3-6(4-7)5-8-11-12-9(10)14-8/h6-7H,2-5H2,1H3,(H2,10,12). The van der Waals surface area contributed by atoms with E-state index in [0.717, 1.165) is 25.9 Å². The second-order valence-electron chi connectivity index (χ2n) is 3.65. The van der Waals surface area contributed by atoms with E-state index in [2.05, 4.69) is 10.2 Å². The van der Waals surface area contributed by atoms with E-state index in [1.807, 2.05) is 6.92 Å². The number of ether oxygens (including phenoxy) is 1. The van der Waals surface area contributed by atoms with Crippen LogP contribution < -0.4 is 5.73 Å². The minimum Gasteiger partial charge on any atom is -0.408 e. The first kappa shape index (κ1) is 9.45. The van der Waals surface area contributed by atoms with Crippen molar-refractivity contribution in [2.45, 2.75) is 32.3 Å². The van der Waals surface area contributed by atoms with Crippen LogP contribution in [-0.2, 0) is 11.2 Å². The van der Waals surface area contributed by atoms with Crippen molar-refractivity contribution in [3.05, 3.63) is 5.89 Å². The summed E-state index contributed by atoms with van der Waals surface area (Å²) in [6, 6.07) is 0.153. The largest absolute Gasteiger partial charge is 0.408 e. The summed E-state index contributed by atoms with van der Waals surface area (Å²) < 4.78 is 10.6. The maximum Gasteiger partial charge on any atom is 0.312 e. The normalized spacial score (nSPS) is 26.1. The highest BCUT2D eigenvalue weighted by molar-refractivity contribution is 5.05. The fourth-order valence-electron chi connectivity index (χ4n) is 1.81. The summed E-state index contributed by atoms with van der Waals surface area (Å²) in [5, 5.41) is 7.44. The minimum atomic E-state index is 0.153. The maximum atomic E-state index is 5.46. The number of hydrogen-bond acceptors (Lipinski definition) is 5. The monoisotopic (exact) mass is 197 g/mol. The van der Waals surface area contributed by atoms with Gasteiger partial charge in [0.15, 0.2) is 0 Å². The van der Waals surface area contributed by atoms with Crippen LogP contribution in [0.2, 0.25) is 0 Å². The maximum absolute atomic E-state index is 5.46. The van der Waals surface area contributed by atoms with Gasteiger partial charge in [-0.05, 0) is 25.7 Å². The first-order valence-electron chi connectivity index (χ1n) is 4.97. The zero-order chi connectivity index (χ0) is 9.97. The lowest BCUT2D eigenvalue weighted by Gasteiger charge is -2.33. The molecule has 0 bridgehead atoms. The zero-order valence-corrected chi connectivity index (χ0v) is 8.27. The van der Waals surface area contributed by atoms with Crippen LogP contribution in [0, 0.1) is 5.92 Å². The predicted molar refractivity (Wildman–Crippen MR) is 50.6 cm³/mol. The molecule has 0 aliphatic heterocycles. The predicted octanol–water partition coefficient (Wildman–Crippen LogP) is 1.01. The molecule has 0 unspecified atom stereocenters. The Morgan fingerprint density at radius 2 is 2.29 bits per heavy atom. The molecule has 0 saturated heterocycles. The average molecular weight is 197 g/mol. The molecular weight excluding hydrogens is 182 g/mol. The average Bonchev–Trinajstić information content (AvgIpc) is 2.48. The third-order valence-corrected chi connectivity index (χ3v) is 2.54. The molecule has 1 saturated carbocycles. The first-order chi connectivity index (χ1) is 6.78. The molecule has 14 heavy (non-hydrogen) atoms. The third-order valence-electron chi connectivity index (χ3n) is 2.54. The van der Waals surface area contributed by atoms with E-state index in [9.17, 15) is 0 Å². The number of nitrogens with zero attached hydrogens (tertiary/aromatic N) is 2. The van der Waals surface area contributed by atoms with Gasteiger partial charge in [0.25, 0.3) is 0 Å². The number of aromatic nitrogens is 2. The summed E-state index contributed by atoms with van der Waals surface area (Å²) in [6.07, 6.45) is 3.45. The van der Waals surface area contributed by atoms with Gasteiger partial charge in [0.2, 0.25) is 5.89 Å². The second kappa shape index (κ2) is 3.96. The SMILES string of the molecule is CCOC1CC(Cc2nnc(N)o2)C1. The Labute approximate surface area is 82.6 Å². The molecule has 1 aromatic heterocycles. The van der Waals surface area contributed by atoms with Gasteiger partial charge in [0.05, 0.1) is 6.10 Å². The van der Waals surface area contributed by atoms with E-state index >= 15 is 0 Å². The first-order valence-corrected chi connectivity index (χ1v) is 4.97. The number of nitrogens with two attached hydrogens (primary N) is 1. The van der Waals surface area contributed by atoms with Gasteiger partial charge >= 0.3 is 6.01 Å². The van der Waals surface area contributed by atoms with Crippen LogP contribution in [-0.4, -0.2) is 22.9 Å². The molecule has 0 radical (unpaired) electrons. The molecule has 1 aliphatic rings. The van der Waals surface area contributed by atoms with Crippen molar-refractivity contribution in [3.8, 4) is 0 Å². The number of hydrogen-bond donors (Lipinski definition) is 1. The van der Waals surface area contributed by atoms with Gasteiger partial charge in [-0.25, -0.2) is 0 Å². The van der Waals surface area contributed by atoms with E-state index in [1.54, 1.807) is 0 Å². The molecule has 1 aliphatic carbocycles. The molecule has 0 atom stereocenters. The molecule has 1 fully saturated rings. The van der Waals surface area contributed by atoms with Crippen LogP contribution in [0.1, 0.15) is 25.7 Å². The van der Waals surface area contributed by atoms with Gasteiger partial charge in [0, 0.05) is 13.0 Å². The van der Waals surface area contributed by atoms with Gasteiger partial charge in [-0.1, -0.05) is 5.10 Å². The molecule has 5 heteroatoms. The summed E-state index contributed by atoms with van der Waals surface area (Å²) >= 11 is 0. The topological polar surface area (TPSA) is 74.2 Å². The Bertz CT molecular complexity index is 294. The molecule has 0 amide bonds. The van der Waals surface area contributed by atoms with E-state index in [-0.39, 0.29) is 6.01 Å². The summed E-state index contributed by atoms with van der Waals surface area (Å²) in [7, 11) is 0. The lowest BCUT2D eigenvalue weighted by molar-refractivity contribution is -0.0254. The number of rotatable bonds is 4. The lowest BCUT2D eigenvalue weighted by atomic mass is 9.80. The molecule has 5 nitrogen and oxygen atoms in total. The van der Waals surface area contributed by atoms with E-state index in [0.29, 0.717) is 17.9 Å². The molecule has 78 valence electrons. The Morgan fingerprint density at radius 1 is 1.50 bits per heavy atom. The van der Waals surface area contributed by atoms with Gasteiger partial charge in [-0.2, -0.15) is 0 Å². The van der Waals surface area contributed by atoms with Crippen molar-refractivity contribution in [1.29, 1.82) is 0 Å². The summed E-state index contributed by atoms with van der Waals surface area (Å²) in [4.78, 5) is 0. The fraction of sp³-hybridized carbons (Fsp3) is 0.778. The Kier molecular flexibility index (Phi) is 2.67. The molecule has 1 aromatic rings. The van der Waals surface area contributed by atoms with Crippen LogP contribution >= 0.6 is 0 Å². The van der Waals surface area contributed by atoms with E-state index < -0.39 is 0 Å². The summed E-state index contributed by atoms with van der Waals surface area (Å²) in [5.41, 5.74) is 5.32. The molecule has 0 aromatic carbocycles. The molecular formula is C9H15N3O2. The highest BCUT2D eigenvalue weighted by Gasteiger charge is 2.30. The van der Waals surface area contributed by atoms with Gasteiger partial charge in [-0.15, -0.1) is 5.10 Å². The van der Waals surface area contributed by atoms with E-state index in [1.165, 1.54) is 0 Å². The van der Waals surface area contributed by atoms with Gasteiger partial charge in [0.1, 0.15) is 0 Å². The Balaban J connectivity index is 1.74. The summed E-state index contributed by atoms with van der Waals surface area (Å²) in [6.45, 7) is 2.82. The molecule has 1 heterocycles. The minimum absolute atomic E-state index is 0.153. The molecule has 2 N–H and O–H groups in total. The van der Waals surface area contributed by atoms with Crippen LogP contribution in [0.4, 0.5) is 6.01 Å². The Morgan fingerprint density at radius 3 is 2.86 bits per heavy atom. The third kappa shape index (κ3) is 2.04. The van der Waals surface area contributed by atoms with Crippen molar-refractivity contribution in [2.75, 3.05) is 12.3 Å². The van der Waals surface area contributed by atoms with Gasteiger partial charge in [-0.3, -0.25) is 0 Å². The van der Waals surface area contributed by atoms with Crippen LogP contribution in [0.5, 0.6) is 0 Å². The van der Waals surface area contributed by atoms with Crippen LogP contribution in [0.3, 0.4) is 0 Å². The van der Waals surface area contributed by atoms with Crippen molar-refractivity contribution in [1.82, 2.24) is 10.2 Å². The molecule has 0 spiro atoms. The van der Waals surface area contributed by atoms with Gasteiger partial charge < -0.3 is 14.9 Å². The highest BCUT2D eigenvalue weighted by atomic mass is 16.5. The second-order valence-corrected chi connectivity index (χ2v) is 3.65. The lowest BCUT2D eigenvalue weighted by Crippen LogP contribution is -2.32. The summed E-state index contributed by atoms with van der Waals surface area (Å²) in [5.74, 6) is 1.26. The number of anilines is 1. The van der Waals surface area contributed by atoms with Crippen LogP contribution in [0.15, 0.2) is 4.42 Å². The van der Waals surface area contributed by atoms with Crippen LogP contribution in [0.25, 0.3) is 0 Å². The highest BCUT2D eigenvalue weighted by Crippen LogP contribution is 2.32. The quantitative estimate of drug-likeness (QED) is 0.779. The van der Waals surface area contributed by atoms with Crippen molar-refractivity contribution < 1.29 is 9.15 Å². The van der Waals surface area contributed by atoms with Crippen molar-refractivity contribution in [2.24, 2.45) is 5.92 Å². The van der Waals surface area contributed by atoms with Crippen molar-refractivity contribution >= 4 is 6.01 Å². The van der Waals surface area contributed by atoms with Crippen molar-refractivity contribution in [3.63, 3.8) is 0 Å². The van der Waals surface area contributed by atoms with E-state index in [4.69, 9.17) is 14.9 Å². The smallest absolute Gasteiger partial charge is 0.312 e. The molecule has 2 rings (SSSR count). The fourth-order valence-corrected chi connectivity index (χ4v) is 1.81.